The number of carbonyl (C=O) groups is 1. The second-order valence-corrected chi connectivity index (χ2v) is 7.31. The molecular weight excluding hydrogens is 344 g/mol. The average molecular weight is 374 g/mol. The van der Waals surface area contributed by atoms with Crippen LogP contribution in [0.1, 0.15) is 13.8 Å². The van der Waals surface area contributed by atoms with Gasteiger partial charge in [0, 0.05) is 11.0 Å². The van der Waals surface area contributed by atoms with Crippen molar-refractivity contribution in [3.63, 3.8) is 0 Å². The lowest BCUT2D eigenvalue weighted by atomic mass is 9.94. The molecule has 0 aromatic heterocycles. The minimum absolute atomic E-state index is 0.140. The maximum Gasteiger partial charge on any atom is 0.330 e. The highest BCUT2D eigenvalue weighted by molar-refractivity contribution is 5.84. The van der Waals surface area contributed by atoms with Crippen LogP contribution in [0.15, 0.2) is 12.2 Å². The first kappa shape index (κ1) is 21.3. The Balaban J connectivity index is 0.000000352. The Morgan fingerprint density at radius 1 is 0.962 bits per heavy atom. The highest BCUT2D eigenvalue weighted by Gasteiger charge is 2.31. The Morgan fingerprint density at radius 3 is 1.42 bits per heavy atom. The molecule has 0 bridgehead atoms. The summed E-state index contributed by atoms with van der Waals surface area (Å²) in [5, 5.41) is 7.89. The predicted octanol–water partition coefficient (Wildman–Crippen LogP) is 0.886. The normalized spacial score (nSPS) is 27.7. The molecule has 3 saturated heterocycles. The molecule has 0 radical (unpaired) electrons. The minimum Gasteiger partial charge on any atom is -0.478 e. The van der Waals surface area contributed by atoms with Gasteiger partial charge >= 0.3 is 5.97 Å². The molecule has 3 aliphatic rings. The summed E-state index contributed by atoms with van der Waals surface area (Å²) in [6.07, 6.45) is 0.877. The van der Waals surface area contributed by atoms with Crippen molar-refractivity contribution in [1.29, 1.82) is 0 Å². The molecule has 3 atom stereocenters. The molecule has 3 unspecified atom stereocenters. The van der Waals surface area contributed by atoms with Crippen molar-refractivity contribution < 1.29 is 38.3 Å². The number of rotatable bonds is 13. The smallest absolute Gasteiger partial charge is 0.330 e. The molecule has 8 heteroatoms. The van der Waals surface area contributed by atoms with Crippen LogP contribution in [0, 0.1) is 5.41 Å². The Labute approximate surface area is 154 Å². The van der Waals surface area contributed by atoms with Crippen molar-refractivity contribution in [3.8, 4) is 0 Å². The molecule has 8 nitrogen and oxygen atoms in total. The van der Waals surface area contributed by atoms with Gasteiger partial charge in [-0.25, -0.2) is 4.79 Å². The van der Waals surface area contributed by atoms with Crippen molar-refractivity contribution in [2.45, 2.75) is 32.2 Å². The highest BCUT2D eigenvalue weighted by atomic mass is 16.6. The van der Waals surface area contributed by atoms with Crippen LogP contribution in [-0.2, 0) is 33.2 Å². The summed E-state index contributed by atoms with van der Waals surface area (Å²) in [7, 11) is 0. The molecule has 0 spiro atoms. The molecule has 150 valence electrons. The minimum atomic E-state index is -0.935. The lowest BCUT2D eigenvalue weighted by Crippen LogP contribution is -2.35. The van der Waals surface area contributed by atoms with Gasteiger partial charge in [-0.3, -0.25) is 0 Å². The molecule has 0 saturated carbocycles. The van der Waals surface area contributed by atoms with Gasteiger partial charge in [-0.1, -0.05) is 13.5 Å². The SMILES string of the molecule is C=C(C)C(=O)O.CC(COCC1CO1)(COCC1CO1)COCC1CO1. The van der Waals surface area contributed by atoms with E-state index < -0.39 is 5.97 Å². The van der Waals surface area contributed by atoms with Crippen LogP contribution < -0.4 is 0 Å². The number of aliphatic carboxylic acids is 1. The first-order valence-electron chi connectivity index (χ1n) is 8.85. The lowest BCUT2D eigenvalue weighted by Gasteiger charge is -2.28. The fourth-order valence-electron chi connectivity index (χ4n) is 1.93. The number of hydrogen-bond acceptors (Lipinski definition) is 7. The van der Waals surface area contributed by atoms with Crippen LogP contribution in [0.25, 0.3) is 0 Å². The van der Waals surface area contributed by atoms with Crippen LogP contribution in [-0.4, -0.2) is 88.8 Å². The number of carboxylic acids is 1. The first-order valence-corrected chi connectivity index (χ1v) is 8.85. The van der Waals surface area contributed by atoms with E-state index in [1.54, 1.807) is 0 Å². The third kappa shape index (κ3) is 10.2. The molecule has 0 amide bonds. The topological polar surface area (TPSA) is 103 Å². The zero-order valence-electron chi connectivity index (χ0n) is 15.6. The van der Waals surface area contributed by atoms with Crippen LogP contribution in [0.4, 0.5) is 0 Å². The van der Waals surface area contributed by atoms with E-state index in [4.69, 9.17) is 33.5 Å². The zero-order chi connectivity index (χ0) is 19.0. The number of hydrogen-bond donors (Lipinski definition) is 1. The summed E-state index contributed by atoms with van der Waals surface area (Å²) in [4.78, 5) is 9.60. The molecule has 3 fully saturated rings. The van der Waals surface area contributed by atoms with Gasteiger partial charge in [0.25, 0.3) is 0 Å². The Bertz CT molecular complexity index is 397. The van der Waals surface area contributed by atoms with E-state index in [0.717, 1.165) is 19.8 Å². The number of epoxide rings is 3. The van der Waals surface area contributed by atoms with Gasteiger partial charge in [0.2, 0.25) is 0 Å². The Kier molecular flexibility index (Phi) is 8.46. The second kappa shape index (κ2) is 10.3. The molecule has 3 rings (SSSR count). The molecule has 1 N–H and O–H groups in total. The number of carboxylic acid groups (broad SMARTS) is 1. The van der Waals surface area contributed by atoms with Crippen LogP contribution in [0.3, 0.4) is 0 Å². The molecule has 0 aliphatic carbocycles. The van der Waals surface area contributed by atoms with E-state index in [1.165, 1.54) is 6.92 Å². The Hall–Kier alpha value is -1.03. The highest BCUT2D eigenvalue weighted by Crippen LogP contribution is 2.22. The predicted molar refractivity (Wildman–Crippen MR) is 92.2 cm³/mol. The first-order chi connectivity index (χ1) is 12.4. The zero-order valence-corrected chi connectivity index (χ0v) is 15.6. The molecule has 3 heterocycles. The maximum atomic E-state index is 9.60. The molecular formula is C18H30O8. The van der Waals surface area contributed by atoms with Gasteiger partial charge in [-0.15, -0.1) is 0 Å². The van der Waals surface area contributed by atoms with Crippen molar-refractivity contribution in [3.05, 3.63) is 12.2 Å². The summed E-state index contributed by atoms with van der Waals surface area (Å²) < 4.78 is 32.6. The van der Waals surface area contributed by atoms with Crippen molar-refractivity contribution in [1.82, 2.24) is 0 Å². The van der Waals surface area contributed by atoms with Crippen molar-refractivity contribution in [2.75, 3.05) is 59.5 Å². The molecule has 3 aliphatic heterocycles. The Morgan fingerprint density at radius 2 is 1.23 bits per heavy atom. The number of ether oxygens (including phenoxy) is 6. The maximum absolute atomic E-state index is 9.60. The van der Waals surface area contributed by atoms with Crippen LogP contribution in [0.2, 0.25) is 0 Å². The second-order valence-electron chi connectivity index (χ2n) is 7.31. The van der Waals surface area contributed by atoms with E-state index in [2.05, 4.69) is 13.5 Å². The van der Waals surface area contributed by atoms with E-state index >= 15 is 0 Å². The molecule has 0 aromatic rings. The summed E-state index contributed by atoms with van der Waals surface area (Å²) in [5.74, 6) is -0.935. The standard InChI is InChI=1S/C14H24O6.C4H6O2/c1-14(8-15-2-11-5-18-11,9-16-3-12-6-19-12)10-17-4-13-7-20-13;1-3(2)4(5)6/h11-13H,2-10H2,1H3;1H2,2H3,(H,5,6). The summed E-state index contributed by atoms with van der Waals surface area (Å²) in [6, 6.07) is 0. The largest absolute Gasteiger partial charge is 0.478 e. The molecule has 26 heavy (non-hydrogen) atoms. The summed E-state index contributed by atoms with van der Waals surface area (Å²) in [6.45, 7) is 13.0. The van der Waals surface area contributed by atoms with Gasteiger partial charge in [0.1, 0.15) is 18.3 Å². The third-order valence-electron chi connectivity index (χ3n) is 3.84. The van der Waals surface area contributed by atoms with Gasteiger partial charge in [-0.05, 0) is 6.92 Å². The van der Waals surface area contributed by atoms with Crippen molar-refractivity contribution in [2.24, 2.45) is 5.41 Å². The van der Waals surface area contributed by atoms with Gasteiger partial charge < -0.3 is 33.5 Å². The van der Waals surface area contributed by atoms with E-state index in [9.17, 15) is 4.79 Å². The van der Waals surface area contributed by atoms with E-state index in [-0.39, 0.29) is 11.0 Å². The quantitative estimate of drug-likeness (QED) is 0.374. The molecule has 0 aromatic carbocycles. The van der Waals surface area contributed by atoms with Crippen LogP contribution in [0.5, 0.6) is 0 Å². The monoisotopic (exact) mass is 374 g/mol. The fourth-order valence-corrected chi connectivity index (χ4v) is 1.93. The van der Waals surface area contributed by atoms with Gasteiger partial charge in [-0.2, -0.15) is 0 Å². The average Bonchev–Trinajstić information content (AvgIpc) is 3.43. The van der Waals surface area contributed by atoms with Crippen molar-refractivity contribution >= 4 is 5.97 Å². The van der Waals surface area contributed by atoms with Crippen LogP contribution >= 0.6 is 0 Å². The van der Waals surface area contributed by atoms with Gasteiger partial charge in [0.05, 0.1) is 59.5 Å². The third-order valence-corrected chi connectivity index (χ3v) is 3.84. The summed E-state index contributed by atoms with van der Waals surface area (Å²) >= 11 is 0. The fraction of sp³-hybridized carbons (Fsp3) is 0.833. The summed E-state index contributed by atoms with van der Waals surface area (Å²) in [5.41, 5.74) is 0.0357. The van der Waals surface area contributed by atoms with E-state index in [1.807, 2.05) is 0 Å². The lowest BCUT2D eigenvalue weighted by molar-refractivity contribution is -0.132. The van der Waals surface area contributed by atoms with Gasteiger partial charge in [0.15, 0.2) is 0 Å². The van der Waals surface area contributed by atoms with E-state index in [0.29, 0.717) is 58.0 Å².